The first kappa shape index (κ1) is 18.5. The van der Waals surface area contributed by atoms with Crippen LogP contribution in [0.3, 0.4) is 0 Å². The van der Waals surface area contributed by atoms with Gasteiger partial charge in [-0.2, -0.15) is 0 Å². The van der Waals surface area contributed by atoms with Crippen LogP contribution in [0.1, 0.15) is 62.0 Å². The Balaban J connectivity index is 1.45. The lowest BCUT2D eigenvalue weighted by molar-refractivity contribution is -0.136. The highest BCUT2D eigenvalue weighted by Crippen LogP contribution is 2.52. The van der Waals surface area contributed by atoms with Crippen molar-refractivity contribution in [1.29, 1.82) is 0 Å². The number of amides is 2. The van der Waals surface area contributed by atoms with Gasteiger partial charge in [-0.3, -0.25) is 9.59 Å². The fraction of sp³-hybridized carbons (Fsp3) is 0.636. The molecule has 2 fully saturated rings. The number of likely N-dealkylation sites (tertiary alicyclic amines) is 1. The van der Waals surface area contributed by atoms with Crippen LogP contribution in [-0.2, 0) is 19.7 Å². The third kappa shape index (κ3) is 3.62. The minimum atomic E-state index is 0.0788. The van der Waals surface area contributed by atoms with E-state index < -0.39 is 0 Å². The predicted molar refractivity (Wildman–Crippen MR) is 104 cm³/mol. The third-order valence-corrected chi connectivity index (χ3v) is 6.85. The summed E-state index contributed by atoms with van der Waals surface area (Å²) in [4.78, 5) is 26.6. The Kier molecular flexibility index (Phi) is 5.22. The standard InChI is InChI=1S/C22H30N2O3/c1-27-15-21(26)24-11-9-22(10-12-24)14-16(18-7-2-3-8-19(18)22)13-20(25)23-17-5-4-6-17/h2-3,7-8,16-17H,4-6,9-15H2,1H3,(H,23,25)/t16-/m1/s1. The number of methoxy groups -OCH3 is 1. The molecule has 2 aliphatic carbocycles. The average Bonchev–Trinajstić information content (AvgIpc) is 2.93. The molecule has 4 rings (SSSR count). The average molecular weight is 370 g/mol. The molecule has 1 heterocycles. The number of nitrogens with zero attached hydrogens (tertiary/aromatic N) is 1. The molecular weight excluding hydrogens is 340 g/mol. The van der Waals surface area contributed by atoms with E-state index in [0.29, 0.717) is 18.4 Å². The van der Waals surface area contributed by atoms with Crippen molar-refractivity contribution >= 4 is 11.8 Å². The minimum Gasteiger partial charge on any atom is -0.375 e. The summed E-state index contributed by atoms with van der Waals surface area (Å²) in [7, 11) is 1.57. The van der Waals surface area contributed by atoms with Crippen LogP contribution < -0.4 is 5.32 Å². The molecular formula is C22H30N2O3. The van der Waals surface area contributed by atoms with Crippen LogP contribution in [-0.4, -0.2) is 49.6 Å². The molecule has 1 N–H and O–H groups in total. The Morgan fingerprint density at radius 1 is 1.22 bits per heavy atom. The number of benzene rings is 1. The summed E-state index contributed by atoms with van der Waals surface area (Å²) in [5, 5.41) is 3.20. The van der Waals surface area contributed by atoms with E-state index in [4.69, 9.17) is 4.74 Å². The minimum absolute atomic E-state index is 0.0788. The topological polar surface area (TPSA) is 58.6 Å². The van der Waals surface area contributed by atoms with E-state index in [0.717, 1.165) is 45.2 Å². The van der Waals surface area contributed by atoms with Gasteiger partial charge in [-0.15, -0.1) is 0 Å². The molecule has 5 heteroatoms. The highest BCUT2D eigenvalue weighted by molar-refractivity contribution is 5.78. The maximum absolute atomic E-state index is 12.5. The molecule has 0 bridgehead atoms. The maximum atomic E-state index is 12.5. The zero-order valence-electron chi connectivity index (χ0n) is 16.2. The van der Waals surface area contributed by atoms with Crippen molar-refractivity contribution < 1.29 is 14.3 Å². The fourth-order valence-electron chi connectivity index (χ4n) is 5.15. The number of hydrogen-bond donors (Lipinski definition) is 1. The lowest BCUT2D eigenvalue weighted by atomic mass is 9.73. The Morgan fingerprint density at radius 3 is 2.63 bits per heavy atom. The first-order chi connectivity index (χ1) is 13.1. The van der Waals surface area contributed by atoms with Gasteiger partial charge < -0.3 is 15.0 Å². The highest BCUT2D eigenvalue weighted by atomic mass is 16.5. The first-order valence-electron chi connectivity index (χ1n) is 10.3. The van der Waals surface area contributed by atoms with Crippen molar-refractivity contribution in [1.82, 2.24) is 10.2 Å². The molecule has 0 radical (unpaired) electrons. The number of piperidine rings is 1. The Bertz CT molecular complexity index is 705. The lowest BCUT2D eigenvalue weighted by Gasteiger charge is -2.40. The summed E-state index contributed by atoms with van der Waals surface area (Å²) in [5.41, 5.74) is 2.87. The van der Waals surface area contributed by atoms with Gasteiger partial charge in [0, 0.05) is 32.7 Å². The number of carbonyl (C=O) groups excluding carboxylic acids is 2. The molecule has 1 aliphatic heterocycles. The van der Waals surface area contributed by atoms with Crippen molar-refractivity contribution in [2.24, 2.45) is 0 Å². The van der Waals surface area contributed by atoms with Gasteiger partial charge in [0.15, 0.2) is 0 Å². The highest BCUT2D eigenvalue weighted by Gasteiger charge is 2.46. The van der Waals surface area contributed by atoms with Crippen LogP contribution in [0.25, 0.3) is 0 Å². The second-order valence-electron chi connectivity index (χ2n) is 8.48. The lowest BCUT2D eigenvalue weighted by Crippen LogP contribution is -2.45. The van der Waals surface area contributed by atoms with Crippen molar-refractivity contribution in [3.63, 3.8) is 0 Å². The Morgan fingerprint density at radius 2 is 1.96 bits per heavy atom. The van der Waals surface area contributed by atoms with Crippen LogP contribution >= 0.6 is 0 Å². The van der Waals surface area contributed by atoms with E-state index in [1.165, 1.54) is 17.5 Å². The summed E-state index contributed by atoms with van der Waals surface area (Å²) in [6, 6.07) is 9.05. The molecule has 0 aromatic heterocycles. The van der Waals surface area contributed by atoms with Gasteiger partial charge in [0.05, 0.1) is 0 Å². The van der Waals surface area contributed by atoms with Crippen LogP contribution in [0, 0.1) is 0 Å². The van der Waals surface area contributed by atoms with Crippen molar-refractivity contribution in [3.05, 3.63) is 35.4 Å². The van der Waals surface area contributed by atoms with Gasteiger partial charge in [0.1, 0.15) is 6.61 Å². The Hall–Kier alpha value is -1.88. The van der Waals surface area contributed by atoms with Gasteiger partial charge in [-0.05, 0) is 61.0 Å². The van der Waals surface area contributed by atoms with Crippen LogP contribution in [0.2, 0.25) is 0 Å². The van der Waals surface area contributed by atoms with Gasteiger partial charge >= 0.3 is 0 Å². The quantitative estimate of drug-likeness (QED) is 0.867. The summed E-state index contributed by atoms with van der Waals surface area (Å²) >= 11 is 0. The number of hydrogen-bond acceptors (Lipinski definition) is 3. The Labute approximate surface area is 161 Å². The van der Waals surface area contributed by atoms with E-state index in [-0.39, 0.29) is 23.8 Å². The van der Waals surface area contributed by atoms with E-state index in [1.807, 2.05) is 4.90 Å². The normalized spacial score (nSPS) is 23.7. The van der Waals surface area contributed by atoms with E-state index in [1.54, 1.807) is 7.11 Å². The van der Waals surface area contributed by atoms with E-state index in [2.05, 4.69) is 29.6 Å². The largest absolute Gasteiger partial charge is 0.375 e. The molecule has 1 saturated heterocycles. The van der Waals surface area contributed by atoms with Crippen molar-refractivity contribution in [2.45, 2.75) is 62.3 Å². The third-order valence-electron chi connectivity index (χ3n) is 6.85. The molecule has 1 spiro atoms. The summed E-state index contributed by atoms with van der Waals surface area (Å²) in [6.07, 6.45) is 7.04. The zero-order valence-corrected chi connectivity index (χ0v) is 16.2. The van der Waals surface area contributed by atoms with Crippen molar-refractivity contribution in [2.75, 3.05) is 26.8 Å². The predicted octanol–water partition coefficient (Wildman–Crippen LogP) is 2.74. The number of carbonyl (C=O) groups is 2. The van der Waals surface area contributed by atoms with Crippen LogP contribution in [0.5, 0.6) is 0 Å². The van der Waals surface area contributed by atoms with E-state index in [9.17, 15) is 9.59 Å². The van der Waals surface area contributed by atoms with Gasteiger partial charge in [0.2, 0.25) is 11.8 Å². The molecule has 27 heavy (non-hydrogen) atoms. The fourth-order valence-corrected chi connectivity index (χ4v) is 5.15. The summed E-state index contributed by atoms with van der Waals surface area (Å²) < 4.78 is 5.00. The molecule has 1 aromatic carbocycles. The van der Waals surface area contributed by atoms with Gasteiger partial charge in [-0.1, -0.05) is 24.3 Å². The van der Waals surface area contributed by atoms with Crippen molar-refractivity contribution in [3.8, 4) is 0 Å². The number of nitrogens with one attached hydrogen (secondary N) is 1. The molecule has 1 atom stereocenters. The van der Waals surface area contributed by atoms with Gasteiger partial charge in [-0.25, -0.2) is 0 Å². The second-order valence-corrected chi connectivity index (χ2v) is 8.48. The summed E-state index contributed by atoms with van der Waals surface area (Å²) in [5.74, 6) is 0.571. The molecule has 3 aliphatic rings. The van der Waals surface area contributed by atoms with Crippen LogP contribution in [0.15, 0.2) is 24.3 Å². The smallest absolute Gasteiger partial charge is 0.248 e. The second kappa shape index (κ2) is 7.63. The number of ether oxygens (including phenoxy) is 1. The first-order valence-corrected chi connectivity index (χ1v) is 10.3. The number of fused-ring (bicyclic) bond motifs is 2. The number of rotatable bonds is 5. The zero-order chi connectivity index (χ0) is 18.9. The van der Waals surface area contributed by atoms with E-state index >= 15 is 0 Å². The molecule has 2 amide bonds. The molecule has 146 valence electrons. The van der Waals surface area contributed by atoms with Crippen LogP contribution in [0.4, 0.5) is 0 Å². The summed E-state index contributed by atoms with van der Waals surface area (Å²) in [6.45, 7) is 1.71. The monoisotopic (exact) mass is 370 g/mol. The molecule has 1 saturated carbocycles. The SMILES string of the molecule is COCC(=O)N1CCC2(CC1)C[C@@H](CC(=O)NC1CCC1)c1ccccc12. The molecule has 1 aromatic rings. The maximum Gasteiger partial charge on any atom is 0.248 e. The molecule has 0 unspecified atom stereocenters. The van der Waals surface area contributed by atoms with Gasteiger partial charge in [0.25, 0.3) is 0 Å². The molecule has 5 nitrogen and oxygen atoms in total.